The summed E-state index contributed by atoms with van der Waals surface area (Å²) in [5.41, 5.74) is 0.331. The lowest BCUT2D eigenvalue weighted by atomic mass is 9.54. The number of rotatable bonds is 4. The molecular formula is C19H24O4. The molecule has 0 amide bonds. The zero-order chi connectivity index (χ0) is 16.0. The summed E-state index contributed by atoms with van der Waals surface area (Å²) in [5.74, 6) is 3.25. The first-order chi connectivity index (χ1) is 11.1. The van der Waals surface area contributed by atoms with Crippen molar-refractivity contribution in [3.05, 3.63) is 23.8 Å². The van der Waals surface area contributed by atoms with E-state index in [1.807, 2.05) is 0 Å². The molecule has 0 spiro atoms. The average Bonchev–Trinajstić information content (AvgIpc) is 2.52. The molecule has 5 rings (SSSR count). The fourth-order valence-corrected chi connectivity index (χ4v) is 5.37. The van der Waals surface area contributed by atoms with Gasteiger partial charge in [0.15, 0.2) is 11.5 Å². The summed E-state index contributed by atoms with van der Waals surface area (Å²) in [6.45, 7) is 0. The predicted octanol–water partition coefficient (Wildman–Crippen LogP) is 3.83. The molecule has 0 atom stereocenters. The Morgan fingerprint density at radius 1 is 0.957 bits per heavy atom. The van der Waals surface area contributed by atoms with Gasteiger partial charge in [-0.3, -0.25) is 0 Å². The maximum Gasteiger partial charge on any atom is 0.338 e. The van der Waals surface area contributed by atoms with E-state index >= 15 is 0 Å². The Kier molecular flexibility index (Phi) is 3.51. The van der Waals surface area contributed by atoms with Crippen molar-refractivity contribution in [2.45, 2.75) is 44.1 Å². The molecule has 23 heavy (non-hydrogen) atoms. The number of hydrogen-bond donors (Lipinski definition) is 0. The number of ether oxygens (including phenoxy) is 3. The molecule has 4 nitrogen and oxygen atoms in total. The summed E-state index contributed by atoms with van der Waals surface area (Å²) in [6.07, 6.45) is 7.18. The van der Waals surface area contributed by atoms with Crippen molar-refractivity contribution < 1.29 is 19.0 Å². The number of carbonyl (C=O) groups is 1. The quantitative estimate of drug-likeness (QED) is 0.792. The molecule has 4 fully saturated rings. The SMILES string of the molecule is COc1ccc(C(=O)OC23CC4CC(CC(C4)C2)C3)cc1OC. The van der Waals surface area contributed by atoms with Crippen molar-refractivity contribution >= 4 is 5.97 Å². The molecule has 4 aliphatic carbocycles. The molecule has 4 aliphatic rings. The summed E-state index contributed by atoms with van der Waals surface area (Å²) in [5, 5.41) is 0. The zero-order valence-electron chi connectivity index (χ0n) is 13.8. The normalized spacial score (nSPS) is 34.3. The van der Waals surface area contributed by atoms with E-state index in [4.69, 9.17) is 14.2 Å². The molecule has 0 saturated heterocycles. The summed E-state index contributed by atoms with van der Waals surface area (Å²) < 4.78 is 16.6. The first-order valence-electron chi connectivity index (χ1n) is 8.56. The lowest BCUT2D eigenvalue weighted by Gasteiger charge is -2.55. The first-order valence-corrected chi connectivity index (χ1v) is 8.56. The highest BCUT2D eigenvalue weighted by Gasteiger charge is 2.53. The van der Waals surface area contributed by atoms with E-state index in [0.29, 0.717) is 17.1 Å². The molecule has 0 aliphatic heterocycles. The Morgan fingerprint density at radius 3 is 2.04 bits per heavy atom. The lowest BCUT2D eigenvalue weighted by Crippen LogP contribution is -2.52. The number of benzene rings is 1. The number of carbonyl (C=O) groups excluding carboxylic acids is 1. The van der Waals surface area contributed by atoms with E-state index in [2.05, 4.69) is 0 Å². The first kappa shape index (κ1) is 14.9. The van der Waals surface area contributed by atoms with Crippen molar-refractivity contribution in [3.63, 3.8) is 0 Å². The van der Waals surface area contributed by atoms with Crippen LogP contribution in [0.1, 0.15) is 48.9 Å². The minimum Gasteiger partial charge on any atom is -0.493 e. The fraction of sp³-hybridized carbons (Fsp3) is 0.632. The van der Waals surface area contributed by atoms with Gasteiger partial charge in [-0.15, -0.1) is 0 Å². The Balaban J connectivity index is 1.54. The smallest absolute Gasteiger partial charge is 0.338 e. The van der Waals surface area contributed by atoms with Crippen LogP contribution in [0.25, 0.3) is 0 Å². The van der Waals surface area contributed by atoms with Crippen LogP contribution in [0.5, 0.6) is 11.5 Å². The van der Waals surface area contributed by atoms with Crippen molar-refractivity contribution in [2.24, 2.45) is 17.8 Å². The number of methoxy groups -OCH3 is 2. The molecule has 0 heterocycles. The van der Waals surface area contributed by atoms with E-state index in [1.165, 1.54) is 19.3 Å². The van der Waals surface area contributed by atoms with Crippen LogP contribution in [0, 0.1) is 17.8 Å². The number of hydrogen-bond acceptors (Lipinski definition) is 4. The second kappa shape index (κ2) is 5.43. The van der Waals surface area contributed by atoms with Gasteiger partial charge in [-0.05, 0) is 74.5 Å². The third-order valence-corrected chi connectivity index (χ3v) is 5.91. The molecule has 4 saturated carbocycles. The molecule has 0 radical (unpaired) electrons. The molecule has 124 valence electrons. The molecule has 1 aromatic rings. The second-order valence-corrected chi connectivity index (χ2v) is 7.56. The largest absolute Gasteiger partial charge is 0.493 e. The minimum absolute atomic E-state index is 0.209. The second-order valence-electron chi connectivity index (χ2n) is 7.56. The van der Waals surface area contributed by atoms with Crippen LogP contribution in [0.3, 0.4) is 0 Å². The number of esters is 1. The molecule has 4 bridgehead atoms. The van der Waals surface area contributed by atoms with Crippen molar-refractivity contribution in [3.8, 4) is 11.5 Å². The molecule has 4 heteroatoms. The van der Waals surface area contributed by atoms with Gasteiger partial charge in [-0.1, -0.05) is 0 Å². The Bertz CT molecular complexity index is 587. The van der Waals surface area contributed by atoms with Crippen LogP contribution in [-0.2, 0) is 4.74 Å². The van der Waals surface area contributed by atoms with E-state index in [-0.39, 0.29) is 11.6 Å². The van der Waals surface area contributed by atoms with E-state index in [0.717, 1.165) is 37.0 Å². The highest BCUT2D eigenvalue weighted by Crippen LogP contribution is 2.57. The summed E-state index contributed by atoms with van der Waals surface area (Å²) in [4.78, 5) is 12.7. The molecule has 0 aromatic heterocycles. The van der Waals surface area contributed by atoms with E-state index in [1.54, 1.807) is 32.4 Å². The topological polar surface area (TPSA) is 44.8 Å². The fourth-order valence-electron chi connectivity index (χ4n) is 5.37. The van der Waals surface area contributed by atoms with Crippen molar-refractivity contribution in [2.75, 3.05) is 14.2 Å². The van der Waals surface area contributed by atoms with Crippen LogP contribution < -0.4 is 9.47 Å². The van der Waals surface area contributed by atoms with Gasteiger partial charge in [0.1, 0.15) is 5.60 Å². The Hall–Kier alpha value is -1.71. The van der Waals surface area contributed by atoms with Crippen molar-refractivity contribution in [1.29, 1.82) is 0 Å². The van der Waals surface area contributed by atoms with Crippen LogP contribution in [0.15, 0.2) is 18.2 Å². The standard InChI is InChI=1S/C19H24O4/c1-21-16-4-3-15(8-17(16)22-2)18(20)23-19-9-12-5-13(10-19)7-14(6-12)11-19/h3-4,8,12-14H,5-7,9-11H2,1-2H3. The summed E-state index contributed by atoms with van der Waals surface area (Å²) >= 11 is 0. The molecule has 0 unspecified atom stereocenters. The van der Waals surface area contributed by atoms with Gasteiger partial charge in [0, 0.05) is 0 Å². The third kappa shape index (κ3) is 2.58. The van der Waals surface area contributed by atoms with E-state index in [9.17, 15) is 4.79 Å². The van der Waals surface area contributed by atoms with Crippen LogP contribution in [0.2, 0.25) is 0 Å². The maximum atomic E-state index is 12.7. The summed E-state index contributed by atoms with van der Waals surface area (Å²) in [7, 11) is 3.16. The van der Waals surface area contributed by atoms with Gasteiger partial charge < -0.3 is 14.2 Å². The van der Waals surface area contributed by atoms with Gasteiger partial charge >= 0.3 is 5.97 Å². The Morgan fingerprint density at radius 2 is 1.52 bits per heavy atom. The lowest BCUT2D eigenvalue weighted by molar-refractivity contribution is -0.131. The van der Waals surface area contributed by atoms with Gasteiger partial charge in [0.25, 0.3) is 0 Å². The highest BCUT2D eigenvalue weighted by atomic mass is 16.6. The molecular weight excluding hydrogens is 292 g/mol. The monoisotopic (exact) mass is 316 g/mol. The van der Waals surface area contributed by atoms with Gasteiger partial charge in [-0.2, -0.15) is 0 Å². The highest BCUT2D eigenvalue weighted by molar-refractivity contribution is 5.90. The molecule has 1 aromatic carbocycles. The average molecular weight is 316 g/mol. The van der Waals surface area contributed by atoms with Gasteiger partial charge in [-0.25, -0.2) is 4.79 Å². The predicted molar refractivity (Wildman–Crippen MR) is 85.9 cm³/mol. The zero-order valence-corrected chi connectivity index (χ0v) is 13.8. The van der Waals surface area contributed by atoms with Gasteiger partial charge in [0.2, 0.25) is 0 Å². The van der Waals surface area contributed by atoms with Gasteiger partial charge in [0.05, 0.1) is 19.8 Å². The van der Waals surface area contributed by atoms with Crippen molar-refractivity contribution in [1.82, 2.24) is 0 Å². The summed E-state index contributed by atoms with van der Waals surface area (Å²) in [6, 6.07) is 5.22. The molecule has 0 N–H and O–H groups in total. The van der Waals surface area contributed by atoms with E-state index < -0.39 is 0 Å². The maximum absolute atomic E-state index is 12.7. The van der Waals surface area contributed by atoms with Crippen LogP contribution in [-0.4, -0.2) is 25.8 Å². The van der Waals surface area contributed by atoms with Crippen LogP contribution >= 0.6 is 0 Å². The third-order valence-electron chi connectivity index (χ3n) is 5.91. The Labute approximate surface area is 137 Å². The van der Waals surface area contributed by atoms with Crippen LogP contribution in [0.4, 0.5) is 0 Å². The minimum atomic E-state index is -0.229.